The summed E-state index contributed by atoms with van der Waals surface area (Å²) in [7, 11) is -2.91. The predicted molar refractivity (Wildman–Crippen MR) is 291 cm³/mol. The number of halogens is 2. The normalized spacial score (nSPS) is 11.9. The summed E-state index contributed by atoms with van der Waals surface area (Å²) in [6.07, 6.45) is 0. The molecule has 332 valence electrons. The lowest BCUT2D eigenvalue weighted by Gasteiger charge is -2.34. The maximum atomic E-state index is 14.6. The molecule has 0 radical (unpaired) electrons. The second kappa shape index (κ2) is 16.7. The van der Waals surface area contributed by atoms with Crippen molar-refractivity contribution in [3.63, 3.8) is 0 Å². The molecule has 2 aromatic heterocycles. The van der Waals surface area contributed by atoms with Crippen molar-refractivity contribution >= 4 is 100 Å². The second-order valence-corrected chi connectivity index (χ2v) is 21.8. The predicted octanol–water partition coefficient (Wildman–Crippen LogP) is 14.2. The molecule has 0 unspecified atom stereocenters. The summed E-state index contributed by atoms with van der Waals surface area (Å²) in [4.78, 5) is 2.36. The van der Waals surface area contributed by atoms with Crippen LogP contribution in [0.1, 0.15) is 0 Å². The molecule has 0 bridgehead atoms. The summed E-state index contributed by atoms with van der Waals surface area (Å²) in [6.45, 7) is 0. The fourth-order valence-electron chi connectivity index (χ4n) is 11.0. The molecule has 13 aromatic rings. The number of rotatable bonds is 9. The Morgan fingerprint density at radius 3 is 1.23 bits per heavy atom. The molecular weight excluding hydrogens is 877 g/mol. The maximum Gasteiger partial charge on any atom is 0.179 e. The van der Waals surface area contributed by atoms with E-state index in [-0.39, 0.29) is 11.6 Å². The number of nitrogens with zero attached hydrogens (tertiary/aromatic N) is 3. The first kappa shape index (κ1) is 41.4. The van der Waals surface area contributed by atoms with Crippen LogP contribution in [0.2, 0.25) is 0 Å². The van der Waals surface area contributed by atoms with Gasteiger partial charge in [0.15, 0.2) is 8.07 Å². The van der Waals surface area contributed by atoms with Gasteiger partial charge in [0.05, 0.1) is 22.1 Å². The Kier molecular flexibility index (Phi) is 9.89. The highest BCUT2D eigenvalue weighted by molar-refractivity contribution is 7.20. The van der Waals surface area contributed by atoms with E-state index >= 15 is 0 Å². The van der Waals surface area contributed by atoms with E-state index in [1.54, 1.807) is 12.1 Å². The summed E-state index contributed by atoms with van der Waals surface area (Å²) in [5.74, 6) is -0.543. The third-order valence-electron chi connectivity index (χ3n) is 14.1. The Labute approximate surface area is 405 Å². The summed E-state index contributed by atoms with van der Waals surface area (Å²) < 4.78 is 33.4. The van der Waals surface area contributed by atoms with Crippen LogP contribution in [0.3, 0.4) is 0 Å². The van der Waals surface area contributed by atoms with Gasteiger partial charge in [0.25, 0.3) is 0 Å². The van der Waals surface area contributed by atoms with E-state index in [0.717, 1.165) is 82.8 Å². The van der Waals surface area contributed by atoms with Crippen LogP contribution < -0.4 is 25.6 Å². The van der Waals surface area contributed by atoms with Gasteiger partial charge in [0.2, 0.25) is 0 Å². The Morgan fingerprint density at radius 2 is 0.686 bits per heavy atom. The minimum Gasteiger partial charge on any atom is -0.310 e. The molecule has 0 spiro atoms. The largest absolute Gasteiger partial charge is 0.310 e. The lowest BCUT2D eigenvalue weighted by atomic mass is 10.1. The van der Waals surface area contributed by atoms with E-state index in [1.807, 2.05) is 24.3 Å². The van der Waals surface area contributed by atoms with Gasteiger partial charge < -0.3 is 14.0 Å². The molecular formula is C64H43F2N3Si. The van der Waals surface area contributed by atoms with Crippen molar-refractivity contribution in [2.75, 3.05) is 4.90 Å². The van der Waals surface area contributed by atoms with Crippen molar-refractivity contribution in [3.8, 4) is 11.4 Å². The first-order valence-corrected chi connectivity index (χ1v) is 25.6. The van der Waals surface area contributed by atoms with Crippen LogP contribution in [0, 0.1) is 11.6 Å². The molecule has 0 atom stereocenters. The van der Waals surface area contributed by atoms with Crippen molar-refractivity contribution < 1.29 is 8.78 Å². The zero-order valence-corrected chi connectivity index (χ0v) is 38.9. The number of benzene rings is 11. The van der Waals surface area contributed by atoms with Crippen LogP contribution in [0.15, 0.2) is 261 Å². The molecule has 70 heavy (non-hydrogen) atoms. The summed E-state index contributed by atoms with van der Waals surface area (Å²) >= 11 is 0. The van der Waals surface area contributed by atoms with Crippen LogP contribution in [0.5, 0.6) is 0 Å². The van der Waals surface area contributed by atoms with E-state index in [9.17, 15) is 8.78 Å². The first-order chi connectivity index (χ1) is 34.5. The Morgan fingerprint density at radius 1 is 0.286 bits per heavy atom. The highest BCUT2D eigenvalue weighted by Gasteiger charge is 2.41. The lowest BCUT2D eigenvalue weighted by Crippen LogP contribution is -2.74. The highest BCUT2D eigenvalue weighted by atomic mass is 28.3. The molecule has 0 aliphatic carbocycles. The van der Waals surface area contributed by atoms with Crippen molar-refractivity contribution in [3.05, 3.63) is 272 Å². The minimum absolute atomic E-state index is 0.267. The minimum atomic E-state index is -2.91. The maximum absolute atomic E-state index is 14.6. The smallest absolute Gasteiger partial charge is 0.179 e. The van der Waals surface area contributed by atoms with Crippen LogP contribution >= 0.6 is 0 Å². The third-order valence-corrected chi connectivity index (χ3v) is 18.9. The monoisotopic (exact) mass is 919 g/mol. The number of aromatic nitrogens is 2. The summed E-state index contributed by atoms with van der Waals surface area (Å²) in [5, 5.41) is 11.8. The zero-order valence-electron chi connectivity index (χ0n) is 37.9. The molecule has 6 heteroatoms. The van der Waals surface area contributed by atoms with Gasteiger partial charge in [-0.1, -0.05) is 152 Å². The Hall–Kier alpha value is -8.84. The topological polar surface area (TPSA) is 13.1 Å². The molecule has 0 aliphatic heterocycles. The molecule has 0 amide bonds. The van der Waals surface area contributed by atoms with Crippen molar-refractivity contribution in [1.82, 2.24) is 9.13 Å². The SMILES string of the molecule is Fc1ccc(-n2c3ccccc3c3cc(N(c4ccc5ccccc5c4)c4ccc5c(c4)c4cc([Si](c6ccccc6)(c6ccccc6)c6ccccc6)ccc4n5-c4ccc(F)cc4)ccc32)cc1. The molecule has 0 fully saturated rings. The average Bonchev–Trinajstić information content (AvgIpc) is 3.92. The third kappa shape index (κ3) is 6.67. The first-order valence-electron chi connectivity index (χ1n) is 23.6. The van der Waals surface area contributed by atoms with Crippen LogP contribution in [0.4, 0.5) is 25.8 Å². The van der Waals surface area contributed by atoms with Crippen molar-refractivity contribution in [2.45, 2.75) is 0 Å². The van der Waals surface area contributed by atoms with Crippen LogP contribution in [0.25, 0.3) is 65.8 Å². The van der Waals surface area contributed by atoms with E-state index in [1.165, 1.54) is 32.9 Å². The molecule has 13 rings (SSSR count). The number of fused-ring (bicyclic) bond motifs is 7. The molecule has 0 aliphatic rings. The Balaban J connectivity index is 1.09. The molecule has 0 saturated carbocycles. The number of hydrogen-bond acceptors (Lipinski definition) is 1. The van der Waals surface area contributed by atoms with Crippen molar-refractivity contribution in [2.24, 2.45) is 0 Å². The highest BCUT2D eigenvalue weighted by Crippen LogP contribution is 2.43. The zero-order chi connectivity index (χ0) is 46.8. The number of para-hydroxylation sites is 1. The fourth-order valence-corrected chi connectivity index (χ4v) is 15.8. The lowest BCUT2D eigenvalue weighted by molar-refractivity contribution is 0.627. The molecule has 0 saturated heterocycles. The quantitative estimate of drug-likeness (QED) is 0.104. The van der Waals surface area contributed by atoms with Gasteiger partial charge in [0.1, 0.15) is 11.6 Å². The van der Waals surface area contributed by atoms with Gasteiger partial charge in [-0.15, -0.1) is 0 Å². The number of anilines is 3. The van der Waals surface area contributed by atoms with E-state index < -0.39 is 8.07 Å². The van der Waals surface area contributed by atoms with E-state index in [4.69, 9.17) is 0 Å². The summed E-state index contributed by atoms with van der Waals surface area (Å²) in [5.41, 5.74) is 8.92. The number of hydrogen-bond donors (Lipinski definition) is 0. The average molecular weight is 920 g/mol. The molecule has 2 heterocycles. The van der Waals surface area contributed by atoms with E-state index in [2.05, 4.69) is 226 Å². The summed E-state index contributed by atoms with van der Waals surface area (Å²) in [6, 6.07) is 90.6. The van der Waals surface area contributed by atoms with Gasteiger partial charge in [-0.3, -0.25) is 0 Å². The van der Waals surface area contributed by atoms with Gasteiger partial charge in [0, 0.05) is 50.0 Å². The Bertz CT molecular complexity index is 3980. The molecule has 3 nitrogen and oxygen atoms in total. The van der Waals surface area contributed by atoms with E-state index in [0.29, 0.717) is 0 Å². The van der Waals surface area contributed by atoms with Crippen molar-refractivity contribution in [1.29, 1.82) is 0 Å². The second-order valence-electron chi connectivity index (χ2n) is 18.0. The molecule has 0 N–H and O–H groups in total. The van der Waals surface area contributed by atoms with Gasteiger partial charge in [-0.25, -0.2) is 8.78 Å². The van der Waals surface area contributed by atoms with Gasteiger partial charge >= 0.3 is 0 Å². The van der Waals surface area contributed by atoms with Crippen LogP contribution in [-0.4, -0.2) is 17.2 Å². The standard InChI is InChI=1S/C64H43F2N3Si/c65-46-25-30-48(31-26-46)68-61-23-13-12-22-57(61)58-41-51(34-37-62(58)68)67(50-29-24-44-14-10-11-15-45(44)40-50)52-35-38-63-59(42-52)60-43-56(36-39-64(60)69(63)49-32-27-47(66)28-33-49)70(53-16-4-1-5-17-53,54-18-6-2-7-19-54)55-20-8-3-9-21-55/h1-43H. The van der Waals surface area contributed by atoms with Gasteiger partial charge in [-0.05, 0) is 141 Å². The van der Waals surface area contributed by atoms with Crippen LogP contribution in [-0.2, 0) is 0 Å². The van der Waals surface area contributed by atoms with Gasteiger partial charge in [-0.2, -0.15) is 0 Å². The fraction of sp³-hybridized carbons (Fsp3) is 0. The molecule has 11 aromatic carbocycles.